The first-order chi connectivity index (χ1) is 14.2. The van der Waals surface area contributed by atoms with Crippen LogP contribution in [0, 0.1) is 0 Å². The molecular weight excluding hydrogens is 586 g/mol. The number of azo groups is 2. The minimum atomic E-state index is -0.368. The van der Waals surface area contributed by atoms with Crippen LogP contribution in [0.25, 0.3) is 11.1 Å². The zero-order chi connectivity index (χ0) is 22.3. The quantitative estimate of drug-likeness (QED) is 0.166. The zero-order valence-corrected chi connectivity index (χ0v) is 21.3. The van der Waals surface area contributed by atoms with Gasteiger partial charge in [0.25, 0.3) is 0 Å². The fourth-order valence-corrected chi connectivity index (χ4v) is 2.45. The SMILES string of the molecule is CC(=O)/C(N=Nc1ccc(-c2ccc(N=N/C(C(C)=O)=C(\C)O)cc2)cc1)=C(/C)O.[Ru+3].[Ru+3]. The molecule has 0 aliphatic heterocycles. The standard InChI is InChI=1S/C22H22N4O4.2Ru/c1-13(27)21(14(2)28)25-23-19-9-5-17(6-10-19)18-7-11-20(12-8-18)24-26-22(15(3)29)16(4)30;;/h5-12,27,29H,1-4H3;;/q;2*+3/b21-13+,22-15+,25-23?,26-24?;;. The summed E-state index contributed by atoms with van der Waals surface area (Å²) in [6, 6.07) is 14.4. The van der Waals surface area contributed by atoms with Crippen molar-refractivity contribution in [3.8, 4) is 11.1 Å². The Labute approximate surface area is 211 Å². The van der Waals surface area contributed by atoms with Crippen molar-refractivity contribution >= 4 is 22.9 Å². The second kappa shape index (κ2) is 13.7. The first kappa shape index (κ1) is 29.3. The maximum Gasteiger partial charge on any atom is 3.00 e. The molecule has 0 spiro atoms. The van der Waals surface area contributed by atoms with E-state index < -0.39 is 0 Å². The monoisotopic (exact) mass is 610 g/mol. The van der Waals surface area contributed by atoms with Gasteiger partial charge >= 0.3 is 39.0 Å². The van der Waals surface area contributed by atoms with Gasteiger partial charge in [-0.2, -0.15) is 10.2 Å². The number of aliphatic hydroxyl groups is 2. The van der Waals surface area contributed by atoms with E-state index in [2.05, 4.69) is 20.5 Å². The summed E-state index contributed by atoms with van der Waals surface area (Å²) in [5.41, 5.74) is 2.76. The third kappa shape index (κ3) is 8.44. The summed E-state index contributed by atoms with van der Waals surface area (Å²) in [4.78, 5) is 22.8. The molecule has 0 fully saturated rings. The summed E-state index contributed by atoms with van der Waals surface area (Å²) in [6.45, 7) is 5.37. The number of hydrogen-bond donors (Lipinski definition) is 2. The fraction of sp³-hybridized carbons (Fsp3) is 0.182. The normalized spacial score (nSPS) is 12.5. The second-order valence-corrected chi connectivity index (χ2v) is 6.47. The van der Waals surface area contributed by atoms with Crippen molar-refractivity contribution in [2.45, 2.75) is 27.7 Å². The van der Waals surface area contributed by atoms with Gasteiger partial charge in [-0.3, -0.25) is 9.59 Å². The molecule has 2 aromatic rings. The zero-order valence-electron chi connectivity index (χ0n) is 17.8. The van der Waals surface area contributed by atoms with E-state index in [1.807, 2.05) is 24.3 Å². The van der Waals surface area contributed by atoms with E-state index in [9.17, 15) is 19.8 Å². The molecule has 32 heavy (non-hydrogen) atoms. The summed E-state index contributed by atoms with van der Waals surface area (Å²) in [5.74, 6) is -1.10. The molecule has 2 rings (SSSR count). The number of allylic oxidation sites excluding steroid dienone is 4. The van der Waals surface area contributed by atoms with Crippen molar-refractivity contribution in [2.24, 2.45) is 20.5 Å². The molecular formula is C22H22N4O4Ru2+6. The third-order valence-electron chi connectivity index (χ3n) is 3.95. The van der Waals surface area contributed by atoms with Crippen molar-refractivity contribution in [1.29, 1.82) is 0 Å². The van der Waals surface area contributed by atoms with Crippen LogP contribution in [-0.2, 0) is 48.5 Å². The molecule has 2 radical (unpaired) electrons. The van der Waals surface area contributed by atoms with E-state index in [4.69, 9.17) is 0 Å². The Morgan fingerprint density at radius 3 is 1.09 bits per heavy atom. The van der Waals surface area contributed by atoms with Gasteiger partial charge in [-0.05, 0) is 49.2 Å². The van der Waals surface area contributed by atoms with Crippen molar-refractivity contribution in [2.75, 3.05) is 0 Å². The third-order valence-corrected chi connectivity index (χ3v) is 3.95. The van der Waals surface area contributed by atoms with Gasteiger partial charge in [-0.1, -0.05) is 24.3 Å². The Bertz CT molecular complexity index is 979. The minimum Gasteiger partial charge on any atom is -0.510 e. The van der Waals surface area contributed by atoms with E-state index in [0.29, 0.717) is 11.4 Å². The van der Waals surface area contributed by atoms with Crippen LogP contribution in [0.15, 0.2) is 91.9 Å². The van der Waals surface area contributed by atoms with Crippen LogP contribution in [0.2, 0.25) is 0 Å². The molecule has 0 bridgehead atoms. The average Bonchev–Trinajstić information content (AvgIpc) is 2.68. The number of Topliss-reactive ketones (excluding diaryl/α,β-unsaturated/α-hetero) is 2. The number of hydrogen-bond acceptors (Lipinski definition) is 8. The molecule has 0 aliphatic carbocycles. The predicted octanol–water partition coefficient (Wildman–Crippen LogP) is 6.27. The number of benzene rings is 2. The molecule has 10 heteroatoms. The molecule has 0 aliphatic rings. The number of carbonyl (C=O) groups excluding carboxylic acids is 2. The number of ketones is 2. The summed E-state index contributed by atoms with van der Waals surface area (Å²) in [5, 5.41) is 34.5. The Balaban J connectivity index is 0.00000480. The largest absolute Gasteiger partial charge is 3.00 e. The van der Waals surface area contributed by atoms with E-state index in [0.717, 1.165) is 11.1 Å². The number of nitrogens with zero attached hydrogens (tertiary/aromatic N) is 4. The number of aliphatic hydroxyl groups excluding tert-OH is 2. The van der Waals surface area contributed by atoms with Gasteiger partial charge in [-0.25, -0.2) is 0 Å². The van der Waals surface area contributed by atoms with Crippen molar-refractivity contribution in [3.05, 3.63) is 71.4 Å². The molecule has 164 valence electrons. The molecule has 2 aromatic carbocycles. The van der Waals surface area contributed by atoms with E-state index in [-0.39, 0.29) is 73.4 Å². The molecule has 0 unspecified atom stereocenters. The second-order valence-electron chi connectivity index (χ2n) is 6.47. The molecule has 0 saturated heterocycles. The van der Waals surface area contributed by atoms with Crippen molar-refractivity contribution in [3.63, 3.8) is 0 Å². The van der Waals surface area contributed by atoms with Crippen LogP contribution >= 0.6 is 0 Å². The Kier molecular flexibility index (Phi) is 12.5. The smallest absolute Gasteiger partial charge is 0.510 e. The molecule has 8 nitrogen and oxygen atoms in total. The van der Waals surface area contributed by atoms with Crippen molar-refractivity contribution in [1.82, 2.24) is 0 Å². The molecule has 2 N–H and O–H groups in total. The van der Waals surface area contributed by atoms with E-state index >= 15 is 0 Å². The van der Waals surface area contributed by atoms with Crippen LogP contribution in [0.1, 0.15) is 27.7 Å². The molecule has 0 saturated carbocycles. The average molecular weight is 609 g/mol. The van der Waals surface area contributed by atoms with Gasteiger partial charge in [0, 0.05) is 13.8 Å². The maximum atomic E-state index is 11.4. The van der Waals surface area contributed by atoms with E-state index in [1.165, 1.54) is 27.7 Å². The fourth-order valence-electron chi connectivity index (χ4n) is 2.45. The van der Waals surface area contributed by atoms with Gasteiger partial charge in [-0.15, -0.1) is 10.2 Å². The van der Waals surface area contributed by atoms with Gasteiger partial charge < -0.3 is 10.2 Å². The van der Waals surface area contributed by atoms with Crippen LogP contribution < -0.4 is 0 Å². The van der Waals surface area contributed by atoms with E-state index in [1.54, 1.807) is 24.3 Å². The molecule has 0 amide bonds. The van der Waals surface area contributed by atoms with Crippen LogP contribution in [0.3, 0.4) is 0 Å². The summed E-state index contributed by atoms with van der Waals surface area (Å²) in [7, 11) is 0. The first-order valence-electron chi connectivity index (χ1n) is 9.04. The van der Waals surface area contributed by atoms with Crippen molar-refractivity contribution < 1.29 is 58.8 Å². The molecule has 0 atom stereocenters. The van der Waals surface area contributed by atoms with Crippen LogP contribution in [-0.4, -0.2) is 21.8 Å². The summed E-state index contributed by atoms with van der Waals surface area (Å²) in [6.07, 6.45) is 0. The Morgan fingerprint density at radius 2 is 0.875 bits per heavy atom. The van der Waals surface area contributed by atoms with Gasteiger partial charge in [0.05, 0.1) is 11.4 Å². The maximum absolute atomic E-state index is 11.4. The first-order valence-corrected chi connectivity index (χ1v) is 9.04. The van der Waals surface area contributed by atoms with Crippen LogP contribution in [0.4, 0.5) is 11.4 Å². The minimum absolute atomic E-state index is 0. The number of rotatable bonds is 7. The van der Waals surface area contributed by atoms with Gasteiger partial charge in [0.1, 0.15) is 11.5 Å². The Morgan fingerprint density at radius 1 is 0.594 bits per heavy atom. The molecule has 0 aromatic heterocycles. The van der Waals surface area contributed by atoms with Crippen LogP contribution in [0.5, 0.6) is 0 Å². The summed E-state index contributed by atoms with van der Waals surface area (Å²) < 4.78 is 0. The molecule has 0 heterocycles. The summed E-state index contributed by atoms with van der Waals surface area (Å²) >= 11 is 0. The van der Waals surface area contributed by atoms with Gasteiger partial charge in [0.2, 0.25) is 0 Å². The Hall–Kier alpha value is -2.69. The topological polar surface area (TPSA) is 124 Å². The van der Waals surface area contributed by atoms with Gasteiger partial charge in [0.15, 0.2) is 23.0 Å². The predicted molar refractivity (Wildman–Crippen MR) is 113 cm³/mol. The number of carbonyl (C=O) groups is 2.